The normalized spacial score (nSPS) is 23.2. The van der Waals surface area contributed by atoms with Gasteiger partial charge in [0.15, 0.2) is 0 Å². The summed E-state index contributed by atoms with van der Waals surface area (Å²) in [6.45, 7) is 2.49. The molecule has 1 heterocycles. The third-order valence-electron chi connectivity index (χ3n) is 3.79. The molecule has 0 bridgehead atoms. The number of rotatable bonds is 1. The summed E-state index contributed by atoms with van der Waals surface area (Å²) in [6.07, 6.45) is -4.27. The monoisotopic (exact) mass is 304 g/mol. The van der Waals surface area contributed by atoms with E-state index in [2.05, 4.69) is 0 Å². The molecule has 2 atom stereocenters. The van der Waals surface area contributed by atoms with Crippen LogP contribution in [0.4, 0.5) is 17.6 Å². The number of halogens is 4. The van der Waals surface area contributed by atoms with Crippen LogP contribution in [0.2, 0.25) is 0 Å². The maximum atomic E-state index is 14.0. The van der Waals surface area contributed by atoms with Gasteiger partial charge in [-0.1, -0.05) is 13.0 Å². The first-order valence-corrected chi connectivity index (χ1v) is 6.62. The van der Waals surface area contributed by atoms with Crippen molar-refractivity contribution >= 4 is 5.91 Å². The van der Waals surface area contributed by atoms with Crippen molar-refractivity contribution in [1.29, 1.82) is 0 Å². The predicted molar refractivity (Wildman–Crippen MR) is 69.1 cm³/mol. The van der Waals surface area contributed by atoms with E-state index >= 15 is 0 Å². The van der Waals surface area contributed by atoms with E-state index in [1.807, 2.05) is 6.92 Å². The molecule has 116 valence electrons. The Morgan fingerprint density at radius 2 is 2.05 bits per heavy atom. The Balaban J connectivity index is 2.28. The van der Waals surface area contributed by atoms with E-state index in [0.717, 1.165) is 12.1 Å². The molecule has 1 fully saturated rings. The average Bonchev–Trinajstić information content (AvgIpc) is 2.40. The summed E-state index contributed by atoms with van der Waals surface area (Å²) in [4.78, 5) is 13.6. The molecule has 2 unspecified atom stereocenters. The van der Waals surface area contributed by atoms with Crippen molar-refractivity contribution < 1.29 is 22.4 Å². The molecule has 1 saturated heterocycles. The summed E-state index contributed by atoms with van der Waals surface area (Å²) in [5.41, 5.74) is 3.86. The lowest BCUT2D eigenvalue weighted by atomic mass is 9.94. The van der Waals surface area contributed by atoms with Gasteiger partial charge in [-0.3, -0.25) is 4.79 Å². The van der Waals surface area contributed by atoms with E-state index in [1.54, 1.807) is 0 Å². The molecule has 3 nitrogen and oxygen atoms in total. The molecule has 0 spiro atoms. The van der Waals surface area contributed by atoms with E-state index in [1.165, 1.54) is 4.90 Å². The topological polar surface area (TPSA) is 46.3 Å². The zero-order valence-corrected chi connectivity index (χ0v) is 11.5. The number of carbonyl (C=O) groups is 1. The number of benzene rings is 1. The fourth-order valence-corrected chi connectivity index (χ4v) is 2.43. The summed E-state index contributed by atoms with van der Waals surface area (Å²) in [5, 5.41) is 0. The van der Waals surface area contributed by atoms with Crippen molar-refractivity contribution in [1.82, 2.24) is 4.90 Å². The molecular formula is C14H16F4N2O. The molecule has 0 aliphatic carbocycles. The highest BCUT2D eigenvalue weighted by Crippen LogP contribution is 2.33. The summed E-state index contributed by atoms with van der Waals surface area (Å²) in [6, 6.07) is 2.69. The quantitative estimate of drug-likeness (QED) is 0.811. The van der Waals surface area contributed by atoms with E-state index in [4.69, 9.17) is 5.73 Å². The van der Waals surface area contributed by atoms with Crippen molar-refractivity contribution in [3.63, 3.8) is 0 Å². The standard InChI is InChI=1S/C14H16F4N2O/c1-8-7-20(6-5-11(8)19)13(21)9-3-2-4-10(12(9)15)14(16,17)18/h2-4,8,11H,5-7,19H2,1H3. The minimum Gasteiger partial charge on any atom is -0.338 e. The Bertz CT molecular complexity index is 544. The van der Waals surface area contributed by atoms with Gasteiger partial charge in [-0.25, -0.2) is 4.39 Å². The second-order valence-corrected chi connectivity index (χ2v) is 5.35. The Morgan fingerprint density at radius 3 is 2.62 bits per heavy atom. The van der Waals surface area contributed by atoms with Gasteiger partial charge in [0.1, 0.15) is 5.82 Å². The van der Waals surface area contributed by atoms with Crippen LogP contribution in [0.5, 0.6) is 0 Å². The fourth-order valence-electron chi connectivity index (χ4n) is 2.43. The molecule has 7 heteroatoms. The van der Waals surface area contributed by atoms with Crippen LogP contribution in [0.15, 0.2) is 18.2 Å². The smallest absolute Gasteiger partial charge is 0.338 e. The number of hydrogen-bond acceptors (Lipinski definition) is 2. The zero-order valence-electron chi connectivity index (χ0n) is 11.5. The van der Waals surface area contributed by atoms with Crippen LogP contribution in [0, 0.1) is 11.7 Å². The van der Waals surface area contributed by atoms with Gasteiger partial charge in [-0.2, -0.15) is 13.2 Å². The number of amides is 1. The van der Waals surface area contributed by atoms with Gasteiger partial charge in [0.25, 0.3) is 5.91 Å². The molecular weight excluding hydrogens is 288 g/mol. The van der Waals surface area contributed by atoms with Gasteiger partial charge in [-0.15, -0.1) is 0 Å². The fraction of sp³-hybridized carbons (Fsp3) is 0.500. The molecule has 0 aromatic heterocycles. The molecule has 0 radical (unpaired) electrons. The number of alkyl halides is 3. The molecule has 2 rings (SSSR count). The number of carbonyl (C=O) groups excluding carboxylic acids is 1. The van der Waals surface area contributed by atoms with Crippen LogP contribution in [-0.4, -0.2) is 29.9 Å². The Labute approximate surface area is 119 Å². The molecule has 21 heavy (non-hydrogen) atoms. The highest BCUT2D eigenvalue weighted by Gasteiger charge is 2.37. The summed E-state index contributed by atoms with van der Waals surface area (Å²) in [7, 11) is 0. The Kier molecular flexibility index (Phi) is 4.22. The summed E-state index contributed by atoms with van der Waals surface area (Å²) < 4.78 is 52.0. The maximum Gasteiger partial charge on any atom is 0.419 e. The molecule has 1 aliphatic rings. The maximum absolute atomic E-state index is 14.0. The van der Waals surface area contributed by atoms with Crippen LogP contribution in [0.25, 0.3) is 0 Å². The van der Waals surface area contributed by atoms with Gasteiger partial charge in [0.2, 0.25) is 0 Å². The Morgan fingerprint density at radius 1 is 1.38 bits per heavy atom. The minimum atomic E-state index is -4.82. The van der Waals surface area contributed by atoms with Gasteiger partial charge in [0.05, 0.1) is 11.1 Å². The first kappa shape index (κ1) is 15.8. The van der Waals surface area contributed by atoms with Crippen LogP contribution >= 0.6 is 0 Å². The lowest BCUT2D eigenvalue weighted by Gasteiger charge is -2.35. The van der Waals surface area contributed by atoms with Gasteiger partial charge < -0.3 is 10.6 Å². The third kappa shape index (κ3) is 3.18. The van der Waals surface area contributed by atoms with Gasteiger partial charge in [-0.05, 0) is 24.5 Å². The zero-order chi connectivity index (χ0) is 15.8. The van der Waals surface area contributed by atoms with Crippen molar-refractivity contribution in [3.05, 3.63) is 35.1 Å². The van der Waals surface area contributed by atoms with Crippen LogP contribution in [0.1, 0.15) is 29.3 Å². The lowest BCUT2D eigenvalue weighted by molar-refractivity contribution is -0.140. The highest BCUT2D eigenvalue weighted by atomic mass is 19.4. The first-order chi connectivity index (χ1) is 9.71. The second kappa shape index (κ2) is 5.63. The van der Waals surface area contributed by atoms with E-state index in [-0.39, 0.29) is 12.0 Å². The predicted octanol–water partition coefficient (Wildman–Crippen LogP) is 2.65. The number of hydrogen-bond donors (Lipinski definition) is 1. The first-order valence-electron chi connectivity index (χ1n) is 6.62. The van der Waals surface area contributed by atoms with Crippen molar-refractivity contribution in [3.8, 4) is 0 Å². The van der Waals surface area contributed by atoms with Crippen molar-refractivity contribution in [2.24, 2.45) is 11.7 Å². The van der Waals surface area contributed by atoms with Crippen molar-refractivity contribution in [2.45, 2.75) is 25.6 Å². The minimum absolute atomic E-state index is 0.0246. The third-order valence-corrected chi connectivity index (χ3v) is 3.79. The second-order valence-electron chi connectivity index (χ2n) is 5.35. The lowest BCUT2D eigenvalue weighted by Crippen LogP contribution is -2.48. The number of nitrogens with zero attached hydrogens (tertiary/aromatic N) is 1. The van der Waals surface area contributed by atoms with Gasteiger partial charge >= 0.3 is 6.18 Å². The molecule has 1 aliphatic heterocycles. The van der Waals surface area contributed by atoms with E-state index < -0.39 is 29.0 Å². The van der Waals surface area contributed by atoms with E-state index in [9.17, 15) is 22.4 Å². The summed E-state index contributed by atoms with van der Waals surface area (Å²) in [5.74, 6) is -2.22. The van der Waals surface area contributed by atoms with E-state index in [0.29, 0.717) is 25.6 Å². The molecule has 1 amide bonds. The largest absolute Gasteiger partial charge is 0.419 e. The molecule has 0 saturated carbocycles. The van der Waals surface area contributed by atoms with Crippen LogP contribution in [-0.2, 0) is 6.18 Å². The molecule has 1 aromatic carbocycles. The number of nitrogens with two attached hydrogens (primary N) is 1. The Hall–Kier alpha value is -1.63. The average molecular weight is 304 g/mol. The van der Waals surface area contributed by atoms with Crippen LogP contribution < -0.4 is 5.73 Å². The highest BCUT2D eigenvalue weighted by molar-refractivity contribution is 5.94. The number of piperidine rings is 1. The summed E-state index contributed by atoms with van der Waals surface area (Å²) >= 11 is 0. The van der Waals surface area contributed by atoms with Crippen LogP contribution in [0.3, 0.4) is 0 Å². The molecule has 2 N–H and O–H groups in total. The number of likely N-dealkylation sites (tertiary alicyclic amines) is 1. The van der Waals surface area contributed by atoms with Crippen molar-refractivity contribution in [2.75, 3.05) is 13.1 Å². The SMILES string of the molecule is CC1CN(C(=O)c2cccc(C(F)(F)F)c2F)CCC1N. The van der Waals surface area contributed by atoms with Gasteiger partial charge in [0, 0.05) is 19.1 Å². The molecule has 1 aromatic rings.